The summed E-state index contributed by atoms with van der Waals surface area (Å²) in [5.41, 5.74) is -2.49. The molecule has 6 N–H and O–H groups in total. The molecule has 46 heavy (non-hydrogen) atoms. The summed E-state index contributed by atoms with van der Waals surface area (Å²) >= 11 is 0. The predicted molar refractivity (Wildman–Crippen MR) is 167 cm³/mol. The minimum Gasteiger partial charge on any atom is -0.481 e. The van der Waals surface area contributed by atoms with Gasteiger partial charge in [-0.1, -0.05) is 53.2 Å². The molecular formula is C36H56O10. The van der Waals surface area contributed by atoms with E-state index in [1.54, 1.807) is 0 Å². The largest absolute Gasteiger partial charge is 0.481 e. The van der Waals surface area contributed by atoms with Gasteiger partial charge < -0.3 is 40.1 Å². The lowest BCUT2D eigenvalue weighted by Crippen LogP contribution is -2.68. The van der Waals surface area contributed by atoms with Gasteiger partial charge in [-0.25, -0.2) is 0 Å². The fraction of sp³-hybridized carbons (Fsp3) is 0.889. The van der Waals surface area contributed by atoms with Crippen LogP contribution in [0.5, 0.6) is 0 Å². The van der Waals surface area contributed by atoms with Crippen LogP contribution in [-0.4, -0.2) is 86.0 Å². The summed E-state index contributed by atoms with van der Waals surface area (Å²) in [6, 6.07) is 0. The van der Waals surface area contributed by atoms with E-state index < -0.39 is 71.6 Å². The molecule has 0 amide bonds. The number of hydrogen-bond donors (Lipinski definition) is 6. The Morgan fingerprint density at radius 2 is 1.59 bits per heavy atom. The molecule has 260 valence electrons. The second kappa shape index (κ2) is 11.2. The van der Waals surface area contributed by atoms with Crippen molar-refractivity contribution in [1.29, 1.82) is 0 Å². The van der Waals surface area contributed by atoms with Crippen LogP contribution in [0.3, 0.4) is 0 Å². The number of rotatable bonds is 4. The summed E-state index contributed by atoms with van der Waals surface area (Å²) in [5.74, 6) is -1.26. The molecule has 1 saturated heterocycles. The molecule has 0 radical (unpaired) electrons. The third-order valence-electron chi connectivity index (χ3n) is 15.3. The standard InChI is InChI=1S/C36H56O10/c1-18-9-14-35(30(42)43)15-16-36(31(44)46-29-28(41)27(40)26(39)21(17-37)45-29)20(25(35)19(18)2)7-8-23-33(5)12-11-24(38)32(3,4)22(33)10-13-34(23,36)6/h7,18-19,21-29,37-41H,8-17H2,1-6H3,(H,42,43). The zero-order valence-electron chi connectivity index (χ0n) is 28.3. The second-order valence-electron chi connectivity index (χ2n) is 17.2. The van der Waals surface area contributed by atoms with E-state index in [0.717, 1.165) is 24.8 Å². The first-order valence-corrected chi connectivity index (χ1v) is 17.6. The molecule has 1 heterocycles. The molecule has 1 aliphatic heterocycles. The number of aliphatic hydroxyl groups is 5. The van der Waals surface area contributed by atoms with Gasteiger partial charge in [0.1, 0.15) is 24.4 Å². The van der Waals surface area contributed by atoms with E-state index in [4.69, 9.17) is 9.47 Å². The fourth-order valence-corrected chi connectivity index (χ4v) is 12.3. The van der Waals surface area contributed by atoms with Gasteiger partial charge in [0.25, 0.3) is 0 Å². The Hall–Kier alpha value is -1.56. The van der Waals surface area contributed by atoms with E-state index in [9.17, 15) is 35.4 Å². The molecule has 0 spiro atoms. The van der Waals surface area contributed by atoms with Crippen molar-refractivity contribution in [3.05, 3.63) is 11.6 Å². The SMILES string of the molecule is CC1CCC2(C(=O)O)CCC3(C(=O)OC4OC(CO)C(O)C(O)C4O)C(=CCC4C5(C)CCC(O)C(C)(C)C5CCC43C)C2C1C. The third-order valence-corrected chi connectivity index (χ3v) is 15.3. The normalized spacial score (nSPS) is 53.0. The average molecular weight is 649 g/mol. The van der Waals surface area contributed by atoms with Gasteiger partial charge in [0.05, 0.1) is 23.5 Å². The molecule has 0 bridgehead atoms. The molecule has 0 aromatic carbocycles. The highest BCUT2D eigenvalue weighted by molar-refractivity contribution is 5.85. The Bertz CT molecular complexity index is 1260. The highest BCUT2D eigenvalue weighted by Crippen LogP contribution is 2.76. The molecule has 5 aliphatic carbocycles. The van der Waals surface area contributed by atoms with Gasteiger partial charge in [0.2, 0.25) is 6.29 Å². The van der Waals surface area contributed by atoms with Gasteiger partial charge in [0, 0.05) is 0 Å². The first-order chi connectivity index (χ1) is 21.4. The number of carboxylic acids is 1. The molecule has 15 atom stereocenters. The minimum absolute atomic E-state index is 0.00618. The van der Waals surface area contributed by atoms with Gasteiger partial charge in [-0.3, -0.25) is 9.59 Å². The van der Waals surface area contributed by atoms with Crippen LogP contribution in [0, 0.1) is 56.7 Å². The van der Waals surface area contributed by atoms with Crippen LogP contribution in [0.15, 0.2) is 11.6 Å². The Labute approximate surface area is 272 Å². The number of fused-ring (bicyclic) bond motifs is 7. The highest BCUT2D eigenvalue weighted by atomic mass is 16.7. The summed E-state index contributed by atoms with van der Waals surface area (Å²) in [6.07, 6.45) is -0.485. The van der Waals surface area contributed by atoms with Gasteiger partial charge in [-0.2, -0.15) is 0 Å². The first-order valence-electron chi connectivity index (χ1n) is 17.6. The van der Waals surface area contributed by atoms with E-state index in [0.29, 0.717) is 32.1 Å². The van der Waals surface area contributed by atoms with Gasteiger partial charge in [-0.05, 0) is 104 Å². The number of aliphatic carboxylic acids is 1. The molecule has 5 fully saturated rings. The minimum atomic E-state index is -1.73. The summed E-state index contributed by atoms with van der Waals surface area (Å²) in [4.78, 5) is 28.4. The summed E-state index contributed by atoms with van der Waals surface area (Å²) in [7, 11) is 0. The predicted octanol–water partition coefficient (Wildman–Crippen LogP) is 3.41. The molecule has 15 unspecified atom stereocenters. The lowest BCUT2D eigenvalue weighted by molar-refractivity contribution is -0.299. The lowest BCUT2D eigenvalue weighted by Gasteiger charge is -2.70. The van der Waals surface area contributed by atoms with Crippen molar-refractivity contribution in [2.75, 3.05) is 6.61 Å². The van der Waals surface area contributed by atoms with Crippen molar-refractivity contribution in [1.82, 2.24) is 0 Å². The van der Waals surface area contributed by atoms with Crippen LogP contribution < -0.4 is 0 Å². The number of ether oxygens (including phenoxy) is 2. The summed E-state index contributed by atoms with van der Waals surface area (Å²) in [5, 5.41) is 63.5. The lowest BCUT2D eigenvalue weighted by atomic mass is 9.33. The van der Waals surface area contributed by atoms with Gasteiger partial charge in [0.15, 0.2) is 0 Å². The van der Waals surface area contributed by atoms with E-state index >= 15 is 4.79 Å². The number of carbonyl (C=O) groups excluding carboxylic acids is 1. The molecular weight excluding hydrogens is 592 g/mol. The van der Waals surface area contributed by atoms with Crippen molar-refractivity contribution in [3.8, 4) is 0 Å². The molecule has 10 heteroatoms. The highest BCUT2D eigenvalue weighted by Gasteiger charge is 2.74. The molecule has 0 aromatic heterocycles. The summed E-state index contributed by atoms with van der Waals surface area (Å²) < 4.78 is 11.8. The quantitative estimate of drug-likeness (QED) is 0.196. The zero-order valence-corrected chi connectivity index (χ0v) is 28.3. The Morgan fingerprint density at radius 3 is 2.24 bits per heavy atom. The molecule has 0 aromatic rings. The van der Waals surface area contributed by atoms with Gasteiger partial charge >= 0.3 is 11.9 Å². The molecule has 6 aliphatic rings. The number of carboxylic acid groups (broad SMARTS) is 1. The third kappa shape index (κ3) is 4.35. The second-order valence-corrected chi connectivity index (χ2v) is 17.2. The van der Waals surface area contributed by atoms with Crippen LogP contribution in [0.25, 0.3) is 0 Å². The van der Waals surface area contributed by atoms with Crippen molar-refractivity contribution in [2.45, 2.75) is 136 Å². The van der Waals surface area contributed by atoms with Gasteiger partial charge in [-0.15, -0.1) is 0 Å². The van der Waals surface area contributed by atoms with E-state index in [-0.39, 0.29) is 46.8 Å². The van der Waals surface area contributed by atoms with Crippen molar-refractivity contribution in [3.63, 3.8) is 0 Å². The molecule has 10 nitrogen and oxygen atoms in total. The monoisotopic (exact) mass is 648 g/mol. The van der Waals surface area contributed by atoms with Crippen molar-refractivity contribution < 1.29 is 49.7 Å². The van der Waals surface area contributed by atoms with Crippen LogP contribution in [0.4, 0.5) is 0 Å². The van der Waals surface area contributed by atoms with Crippen LogP contribution in [0.1, 0.15) is 99.3 Å². The van der Waals surface area contributed by atoms with Crippen LogP contribution in [-0.2, 0) is 19.1 Å². The maximum Gasteiger partial charge on any atom is 0.319 e. The van der Waals surface area contributed by atoms with Crippen molar-refractivity contribution in [2.24, 2.45) is 56.7 Å². The van der Waals surface area contributed by atoms with Crippen LogP contribution >= 0.6 is 0 Å². The Morgan fingerprint density at radius 1 is 0.891 bits per heavy atom. The smallest absolute Gasteiger partial charge is 0.319 e. The topological polar surface area (TPSA) is 174 Å². The molecule has 4 saturated carbocycles. The first kappa shape index (κ1) is 34.3. The number of carbonyl (C=O) groups is 2. The van der Waals surface area contributed by atoms with Crippen LogP contribution in [0.2, 0.25) is 0 Å². The number of aliphatic hydroxyl groups excluding tert-OH is 5. The average Bonchev–Trinajstić information content (AvgIpc) is 3.00. The summed E-state index contributed by atoms with van der Waals surface area (Å²) in [6.45, 7) is 12.4. The van der Waals surface area contributed by atoms with E-state index in [1.165, 1.54) is 0 Å². The van der Waals surface area contributed by atoms with Crippen molar-refractivity contribution >= 4 is 11.9 Å². The van der Waals surface area contributed by atoms with E-state index in [2.05, 4.69) is 47.6 Å². The Balaban J connectivity index is 1.50. The number of esters is 1. The van der Waals surface area contributed by atoms with E-state index in [1.807, 2.05) is 0 Å². The fourth-order valence-electron chi connectivity index (χ4n) is 12.3. The number of hydrogen-bond acceptors (Lipinski definition) is 9. The molecule has 6 rings (SSSR count). The maximum atomic E-state index is 15.1. The number of allylic oxidation sites excluding steroid dienone is 1. The Kier molecular flexibility index (Phi) is 8.38. The maximum absolute atomic E-state index is 15.1. The zero-order chi connectivity index (χ0) is 33.8.